The molecule has 0 aliphatic carbocycles. The highest BCUT2D eigenvalue weighted by molar-refractivity contribution is 5.98. The van der Waals surface area contributed by atoms with Gasteiger partial charge in [0.1, 0.15) is 5.56 Å². The first-order valence-electron chi connectivity index (χ1n) is 2.97. The van der Waals surface area contributed by atoms with Crippen LogP contribution in [0.3, 0.4) is 0 Å². The molecule has 0 spiro atoms. The Morgan fingerprint density at radius 3 is 2.73 bits per heavy atom. The minimum atomic E-state index is -0.544. The zero-order valence-electron chi connectivity index (χ0n) is 5.92. The molecule has 0 bridgehead atoms. The van der Waals surface area contributed by atoms with Gasteiger partial charge in [-0.05, 0) is 6.92 Å². The minimum Gasteiger partial charge on any atom is -0.397 e. The van der Waals surface area contributed by atoms with Gasteiger partial charge in [0.25, 0.3) is 5.56 Å². The molecule has 0 fully saturated rings. The smallest absolute Gasteiger partial charge is 0.277 e. The second-order valence-electron chi connectivity index (χ2n) is 2.09. The van der Waals surface area contributed by atoms with E-state index in [0.29, 0.717) is 0 Å². The van der Waals surface area contributed by atoms with Crippen molar-refractivity contribution >= 4 is 11.5 Å². The number of rotatable bonds is 1. The van der Waals surface area contributed by atoms with Gasteiger partial charge in [-0.3, -0.25) is 9.59 Å². The Bertz CT molecular complexity index is 342. The van der Waals surface area contributed by atoms with Crippen LogP contribution in [0.25, 0.3) is 0 Å². The van der Waals surface area contributed by atoms with Crippen molar-refractivity contribution in [1.29, 1.82) is 0 Å². The van der Waals surface area contributed by atoms with Gasteiger partial charge in [-0.1, -0.05) is 0 Å². The van der Waals surface area contributed by atoms with E-state index in [9.17, 15) is 9.59 Å². The molecule has 11 heavy (non-hydrogen) atoms. The van der Waals surface area contributed by atoms with Gasteiger partial charge in [0.15, 0.2) is 5.78 Å². The molecular weight excluding hydrogens is 146 g/mol. The number of nitrogens with two attached hydrogens (primary N) is 1. The Morgan fingerprint density at radius 1 is 1.73 bits per heavy atom. The van der Waals surface area contributed by atoms with Crippen molar-refractivity contribution in [3.8, 4) is 0 Å². The van der Waals surface area contributed by atoms with Crippen molar-refractivity contribution in [3.63, 3.8) is 0 Å². The lowest BCUT2D eigenvalue weighted by Gasteiger charge is -1.96. The van der Waals surface area contributed by atoms with Gasteiger partial charge in [0.05, 0.1) is 11.9 Å². The molecule has 0 unspecified atom stereocenters. The number of hydrogen-bond donors (Lipinski definition) is 2. The third-order valence-corrected chi connectivity index (χ3v) is 1.24. The number of aromatic nitrogens is 2. The highest BCUT2D eigenvalue weighted by Crippen LogP contribution is 2.01. The number of anilines is 1. The summed E-state index contributed by atoms with van der Waals surface area (Å²) in [7, 11) is 0. The highest BCUT2D eigenvalue weighted by atomic mass is 16.1. The van der Waals surface area contributed by atoms with Crippen molar-refractivity contribution in [2.75, 3.05) is 5.73 Å². The fraction of sp³-hybridized carbons (Fsp3) is 0.167. The Morgan fingerprint density at radius 2 is 2.36 bits per heavy atom. The third-order valence-electron chi connectivity index (χ3n) is 1.24. The molecule has 0 aliphatic rings. The van der Waals surface area contributed by atoms with Gasteiger partial charge in [-0.15, -0.1) is 0 Å². The number of carbonyl (C=O) groups is 1. The van der Waals surface area contributed by atoms with Crippen LogP contribution in [0.15, 0.2) is 11.0 Å². The number of Topliss-reactive ketones (excluding diaryl/α,β-unsaturated/α-hetero) is 1. The number of aromatic amines is 1. The van der Waals surface area contributed by atoms with E-state index < -0.39 is 5.56 Å². The number of nitrogens with one attached hydrogen (secondary N) is 1. The van der Waals surface area contributed by atoms with Crippen LogP contribution in [0.1, 0.15) is 17.3 Å². The quantitative estimate of drug-likeness (QED) is 0.535. The molecular formula is C6H7N3O2. The molecule has 0 radical (unpaired) electrons. The number of nitrogen functional groups attached to an aromatic ring is 1. The van der Waals surface area contributed by atoms with Gasteiger partial charge >= 0.3 is 0 Å². The Kier molecular flexibility index (Phi) is 1.72. The predicted octanol–water partition coefficient (Wildman–Crippen LogP) is -0.445. The van der Waals surface area contributed by atoms with E-state index in [-0.39, 0.29) is 17.0 Å². The van der Waals surface area contributed by atoms with E-state index in [2.05, 4.69) is 10.2 Å². The summed E-state index contributed by atoms with van der Waals surface area (Å²) >= 11 is 0. The number of H-pyrrole nitrogens is 1. The van der Waals surface area contributed by atoms with E-state index in [1.165, 1.54) is 13.1 Å². The van der Waals surface area contributed by atoms with Crippen LogP contribution in [-0.2, 0) is 0 Å². The van der Waals surface area contributed by atoms with Crippen LogP contribution in [0.2, 0.25) is 0 Å². The standard InChI is InChI=1S/C6H7N3O2/c1-3(10)5-4(7)2-8-9-6(5)11/h2H,1H3,(H3,7,9,11). The Labute approximate surface area is 62.2 Å². The lowest BCUT2D eigenvalue weighted by molar-refractivity contribution is 0.101. The topological polar surface area (TPSA) is 88.8 Å². The van der Waals surface area contributed by atoms with E-state index in [1.807, 2.05) is 0 Å². The van der Waals surface area contributed by atoms with Crippen LogP contribution >= 0.6 is 0 Å². The van der Waals surface area contributed by atoms with Crippen LogP contribution in [0.4, 0.5) is 5.69 Å². The van der Waals surface area contributed by atoms with Crippen molar-refractivity contribution in [2.45, 2.75) is 6.92 Å². The SMILES string of the molecule is CC(=O)c1c(N)cn[nH]c1=O. The molecule has 58 valence electrons. The van der Waals surface area contributed by atoms with Crippen LogP contribution in [0, 0.1) is 0 Å². The molecule has 0 saturated heterocycles. The molecule has 5 nitrogen and oxygen atoms in total. The second kappa shape index (κ2) is 2.53. The zero-order chi connectivity index (χ0) is 8.43. The van der Waals surface area contributed by atoms with Crippen molar-refractivity contribution in [3.05, 3.63) is 22.1 Å². The van der Waals surface area contributed by atoms with E-state index in [4.69, 9.17) is 5.73 Å². The van der Waals surface area contributed by atoms with Crippen molar-refractivity contribution in [2.24, 2.45) is 0 Å². The number of carbonyl (C=O) groups excluding carboxylic acids is 1. The molecule has 1 aromatic heterocycles. The van der Waals surface area contributed by atoms with E-state index in [0.717, 1.165) is 0 Å². The first kappa shape index (κ1) is 7.46. The monoisotopic (exact) mass is 153 g/mol. The summed E-state index contributed by atoms with van der Waals surface area (Å²) in [5, 5.41) is 5.53. The highest BCUT2D eigenvalue weighted by Gasteiger charge is 2.08. The van der Waals surface area contributed by atoms with Crippen molar-refractivity contribution in [1.82, 2.24) is 10.2 Å². The van der Waals surface area contributed by atoms with E-state index in [1.54, 1.807) is 0 Å². The summed E-state index contributed by atoms with van der Waals surface area (Å²) in [6.07, 6.45) is 1.23. The maximum atomic E-state index is 10.9. The maximum absolute atomic E-state index is 10.9. The summed E-state index contributed by atoms with van der Waals surface area (Å²) in [5.74, 6) is -0.355. The molecule has 1 aromatic rings. The molecule has 1 heterocycles. The van der Waals surface area contributed by atoms with Crippen LogP contribution in [-0.4, -0.2) is 16.0 Å². The van der Waals surface area contributed by atoms with E-state index >= 15 is 0 Å². The summed E-state index contributed by atoms with van der Waals surface area (Å²) in [6.45, 7) is 1.28. The largest absolute Gasteiger partial charge is 0.397 e. The Hall–Kier alpha value is -1.65. The fourth-order valence-corrected chi connectivity index (χ4v) is 0.775. The molecule has 3 N–H and O–H groups in total. The molecule has 0 atom stereocenters. The van der Waals surface area contributed by atoms with Gasteiger partial charge in [-0.2, -0.15) is 5.10 Å². The second-order valence-corrected chi connectivity index (χ2v) is 2.09. The minimum absolute atomic E-state index is 0.0278. The molecule has 0 aromatic carbocycles. The summed E-state index contributed by atoms with van der Waals surface area (Å²) in [4.78, 5) is 21.6. The molecule has 0 amide bonds. The fourth-order valence-electron chi connectivity index (χ4n) is 0.775. The van der Waals surface area contributed by atoms with Gasteiger partial charge in [0, 0.05) is 0 Å². The van der Waals surface area contributed by atoms with Crippen LogP contribution in [0.5, 0.6) is 0 Å². The number of ketones is 1. The lowest BCUT2D eigenvalue weighted by Crippen LogP contribution is -2.19. The summed E-state index contributed by atoms with van der Waals surface area (Å²) in [6, 6.07) is 0. The number of hydrogen-bond acceptors (Lipinski definition) is 4. The van der Waals surface area contributed by atoms with Crippen molar-refractivity contribution < 1.29 is 4.79 Å². The lowest BCUT2D eigenvalue weighted by atomic mass is 10.2. The predicted molar refractivity (Wildman–Crippen MR) is 39.3 cm³/mol. The maximum Gasteiger partial charge on any atom is 0.277 e. The first-order valence-corrected chi connectivity index (χ1v) is 2.97. The molecule has 1 rings (SSSR count). The number of nitrogens with zero attached hydrogens (tertiary/aromatic N) is 1. The summed E-state index contributed by atoms with van der Waals surface area (Å²) in [5.41, 5.74) is 4.86. The van der Waals surface area contributed by atoms with Gasteiger partial charge in [0.2, 0.25) is 0 Å². The Balaban J connectivity index is 3.45. The zero-order valence-corrected chi connectivity index (χ0v) is 5.92. The third kappa shape index (κ3) is 1.26. The molecule has 5 heteroatoms. The summed E-state index contributed by atoms with van der Waals surface area (Å²) < 4.78 is 0. The van der Waals surface area contributed by atoms with Crippen LogP contribution < -0.4 is 11.3 Å². The average molecular weight is 153 g/mol. The molecule has 0 aliphatic heterocycles. The van der Waals surface area contributed by atoms with Gasteiger partial charge < -0.3 is 5.73 Å². The average Bonchev–Trinajstić information content (AvgIpc) is 1.85. The van der Waals surface area contributed by atoms with Gasteiger partial charge in [-0.25, -0.2) is 5.10 Å². The first-order chi connectivity index (χ1) is 5.13. The molecule has 0 saturated carbocycles. The normalized spacial score (nSPS) is 9.55.